The largest absolute Gasteiger partial charge is 0.586 e. The minimum absolute atomic E-state index is 0.147. The predicted molar refractivity (Wildman–Crippen MR) is 141 cm³/mol. The first-order valence-corrected chi connectivity index (χ1v) is 13.0. The Morgan fingerprint density at radius 2 is 1.98 bits per heavy atom. The average molecular weight is 567 g/mol. The molecule has 3 heterocycles. The molecule has 9 nitrogen and oxygen atoms in total. The van der Waals surface area contributed by atoms with Gasteiger partial charge in [0, 0.05) is 34.8 Å². The van der Waals surface area contributed by atoms with Gasteiger partial charge in [0.15, 0.2) is 17.1 Å². The molecule has 2 aromatic heterocycles. The quantitative estimate of drug-likeness (QED) is 0.289. The predicted octanol–water partition coefficient (Wildman–Crippen LogP) is 5.82. The van der Waals surface area contributed by atoms with Crippen LogP contribution in [0.4, 0.5) is 14.5 Å². The van der Waals surface area contributed by atoms with Crippen LogP contribution in [0, 0.1) is 11.3 Å². The number of halogens is 3. The van der Waals surface area contributed by atoms with Crippen LogP contribution < -0.4 is 19.9 Å². The highest BCUT2D eigenvalue weighted by Crippen LogP contribution is 2.43. The van der Waals surface area contributed by atoms with Crippen molar-refractivity contribution in [3.05, 3.63) is 69.2 Å². The Labute approximate surface area is 231 Å². The monoisotopic (exact) mass is 566 g/mol. The summed E-state index contributed by atoms with van der Waals surface area (Å²) in [6.45, 7) is 1.43. The third-order valence-electron chi connectivity index (χ3n) is 7.06. The number of fused-ring (bicyclic) bond motifs is 2. The number of hydrogen-bond donors (Lipinski definition) is 0. The number of anilines is 1. The molecule has 1 aliphatic heterocycles. The van der Waals surface area contributed by atoms with Crippen LogP contribution in [0.1, 0.15) is 43.4 Å². The van der Waals surface area contributed by atoms with Gasteiger partial charge >= 0.3 is 6.29 Å². The lowest BCUT2D eigenvalue weighted by atomic mass is 9.83. The van der Waals surface area contributed by atoms with Crippen molar-refractivity contribution in [2.75, 3.05) is 11.4 Å². The third kappa shape index (κ3) is 4.54. The molecule has 0 bridgehead atoms. The van der Waals surface area contributed by atoms with E-state index in [1.807, 2.05) is 0 Å². The van der Waals surface area contributed by atoms with Crippen LogP contribution in [0.25, 0.3) is 22.2 Å². The molecule has 4 aromatic rings. The Kier molecular flexibility index (Phi) is 6.22. The van der Waals surface area contributed by atoms with Crippen molar-refractivity contribution in [3.63, 3.8) is 0 Å². The Morgan fingerprint density at radius 1 is 1.20 bits per heavy atom. The van der Waals surface area contributed by atoms with Gasteiger partial charge in [0.1, 0.15) is 18.0 Å². The number of likely N-dealkylation sites (N-methyl/N-ethyl adjacent to an activating group) is 1. The van der Waals surface area contributed by atoms with Crippen LogP contribution in [0.15, 0.2) is 51.7 Å². The van der Waals surface area contributed by atoms with E-state index in [1.54, 1.807) is 25.1 Å². The number of benzene rings is 2. The van der Waals surface area contributed by atoms with Gasteiger partial charge in [0.25, 0.3) is 5.56 Å². The van der Waals surface area contributed by atoms with E-state index in [4.69, 9.17) is 16.0 Å². The van der Waals surface area contributed by atoms with Crippen LogP contribution in [0.5, 0.6) is 11.5 Å². The number of alkyl halides is 2. The highest BCUT2D eigenvalue weighted by Gasteiger charge is 2.43. The summed E-state index contributed by atoms with van der Waals surface area (Å²) in [7, 11) is 0. The minimum Gasteiger partial charge on any atom is -0.458 e. The summed E-state index contributed by atoms with van der Waals surface area (Å²) in [4.78, 5) is 28.3. The lowest BCUT2D eigenvalue weighted by Gasteiger charge is -2.22. The number of ether oxygens (including phenoxy) is 2. The number of nitrogens with zero attached hydrogens (tertiary/aromatic N) is 4. The van der Waals surface area contributed by atoms with Crippen molar-refractivity contribution in [1.82, 2.24) is 9.78 Å². The molecule has 0 N–H and O–H groups in total. The van der Waals surface area contributed by atoms with E-state index in [-0.39, 0.29) is 46.3 Å². The number of nitriles is 1. The highest BCUT2D eigenvalue weighted by atomic mass is 35.5. The van der Waals surface area contributed by atoms with E-state index < -0.39 is 24.3 Å². The van der Waals surface area contributed by atoms with Gasteiger partial charge < -0.3 is 18.8 Å². The number of amides is 1. The number of aromatic nitrogens is 2. The summed E-state index contributed by atoms with van der Waals surface area (Å²) in [5, 5.41) is 14.5. The molecule has 0 radical (unpaired) electrons. The molecule has 40 heavy (non-hydrogen) atoms. The van der Waals surface area contributed by atoms with Crippen molar-refractivity contribution in [3.8, 4) is 28.8 Å². The molecule has 2 aliphatic rings. The van der Waals surface area contributed by atoms with Gasteiger partial charge in [0.05, 0.1) is 17.0 Å². The first-order valence-electron chi connectivity index (χ1n) is 12.6. The molecule has 1 saturated carbocycles. The van der Waals surface area contributed by atoms with Crippen LogP contribution >= 0.6 is 11.6 Å². The molecule has 0 saturated heterocycles. The molecule has 0 atom stereocenters. The minimum atomic E-state index is -3.79. The van der Waals surface area contributed by atoms with E-state index >= 15 is 0 Å². The van der Waals surface area contributed by atoms with E-state index in [0.717, 1.165) is 23.9 Å². The molecule has 1 aliphatic carbocycles. The van der Waals surface area contributed by atoms with Crippen molar-refractivity contribution in [2.24, 2.45) is 0 Å². The Hall–Kier alpha value is -4.43. The summed E-state index contributed by atoms with van der Waals surface area (Å²) in [5.41, 5.74) is 1.03. The first kappa shape index (κ1) is 25.8. The number of hydrogen-bond acceptors (Lipinski definition) is 7. The molecule has 0 unspecified atom stereocenters. The topological polar surface area (TPSA) is 111 Å². The van der Waals surface area contributed by atoms with E-state index in [1.165, 1.54) is 29.2 Å². The number of carbonyl (C=O) groups excluding carboxylic acids is 1. The Bertz CT molecular complexity index is 1770. The molecule has 1 amide bonds. The van der Waals surface area contributed by atoms with E-state index in [2.05, 4.69) is 20.6 Å². The average Bonchev–Trinajstić information content (AvgIpc) is 3.44. The first-order chi connectivity index (χ1) is 19.2. The van der Waals surface area contributed by atoms with Crippen molar-refractivity contribution in [2.45, 2.75) is 44.9 Å². The fourth-order valence-electron chi connectivity index (χ4n) is 4.90. The number of rotatable bonds is 6. The van der Waals surface area contributed by atoms with Crippen LogP contribution in [0.2, 0.25) is 5.02 Å². The molecule has 1 fully saturated rings. The summed E-state index contributed by atoms with van der Waals surface area (Å²) in [6.07, 6.45) is -0.842. The second-order valence-corrected chi connectivity index (χ2v) is 10.0. The fourth-order valence-corrected chi connectivity index (χ4v) is 5.13. The summed E-state index contributed by atoms with van der Waals surface area (Å²) in [5.74, 6) is -0.00716. The van der Waals surface area contributed by atoms with Gasteiger partial charge in [-0.15, -0.1) is 8.78 Å². The van der Waals surface area contributed by atoms with Gasteiger partial charge in [-0.1, -0.05) is 18.0 Å². The van der Waals surface area contributed by atoms with E-state index in [9.17, 15) is 23.6 Å². The molecular weight excluding hydrogens is 546 g/mol. The third-order valence-corrected chi connectivity index (χ3v) is 7.28. The van der Waals surface area contributed by atoms with Crippen molar-refractivity contribution >= 4 is 34.2 Å². The number of furan rings is 1. The maximum atomic E-state index is 13.5. The second kappa shape index (κ2) is 9.64. The zero-order valence-electron chi connectivity index (χ0n) is 21.1. The van der Waals surface area contributed by atoms with Gasteiger partial charge in [-0.3, -0.25) is 9.59 Å². The van der Waals surface area contributed by atoms with Crippen molar-refractivity contribution in [1.29, 1.82) is 5.26 Å². The normalized spacial score (nSPS) is 15.6. The van der Waals surface area contributed by atoms with Crippen LogP contribution in [-0.4, -0.2) is 28.5 Å². The second-order valence-electron chi connectivity index (χ2n) is 9.61. The molecule has 6 rings (SSSR count). The maximum Gasteiger partial charge on any atom is 0.586 e. The van der Waals surface area contributed by atoms with Crippen molar-refractivity contribution < 1.29 is 27.5 Å². The SMILES string of the molecule is CCN(C(=O)Cn1nc(-c2cc(Cl)cc(C#N)c2)c2oc(C3CCC3)cc2c1=O)c1ccc2c(c1)OC(F)(F)O2. The standard InChI is InChI=1S/C28H21ClF2N4O5/c1-2-34(19-6-7-21-23(11-19)40-28(30,31)39-21)24(36)14-35-27(37)20-12-22(16-4-3-5-16)38-26(20)25(33-35)17-8-15(13-32)9-18(29)10-17/h6-12,16H,2-5,14H2,1H3. The Balaban J connectivity index is 1.41. The fraction of sp³-hybridized carbons (Fsp3) is 0.286. The van der Waals surface area contributed by atoms with Gasteiger partial charge in [-0.25, -0.2) is 4.68 Å². The van der Waals surface area contributed by atoms with Gasteiger partial charge in [0.2, 0.25) is 5.91 Å². The van der Waals surface area contributed by atoms with E-state index in [0.29, 0.717) is 21.9 Å². The molecular formula is C28H21ClF2N4O5. The summed E-state index contributed by atoms with van der Waals surface area (Å²) in [6, 6.07) is 12.4. The highest BCUT2D eigenvalue weighted by molar-refractivity contribution is 6.31. The van der Waals surface area contributed by atoms with Crippen LogP contribution in [-0.2, 0) is 11.3 Å². The van der Waals surface area contributed by atoms with Gasteiger partial charge in [-0.2, -0.15) is 10.4 Å². The van der Waals surface area contributed by atoms with Crippen LogP contribution in [0.3, 0.4) is 0 Å². The zero-order valence-corrected chi connectivity index (χ0v) is 21.9. The lowest BCUT2D eigenvalue weighted by molar-refractivity contribution is -0.286. The summed E-state index contributed by atoms with van der Waals surface area (Å²) < 4.78 is 43.1. The maximum absolute atomic E-state index is 13.5. The smallest absolute Gasteiger partial charge is 0.458 e. The molecule has 12 heteroatoms. The molecule has 2 aromatic carbocycles. The number of carbonyl (C=O) groups is 1. The van der Waals surface area contributed by atoms with Gasteiger partial charge in [-0.05, 0) is 56.2 Å². The molecule has 204 valence electrons. The zero-order chi connectivity index (χ0) is 28.2. The lowest BCUT2D eigenvalue weighted by Crippen LogP contribution is -2.37. The Morgan fingerprint density at radius 3 is 2.67 bits per heavy atom. The molecule has 0 spiro atoms. The summed E-state index contributed by atoms with van der Waals surface area (Å²) >= 11 is 6.25.